The van der Waals surface area contributed by atoms with Crippen LogP contribution in [0.3, 0.4) is 0 Å². The van der Waals surface area contributed by atoms with Crippen LogP contribution < -0.4 is 5.32 Å². The van der Waals surface area contributed by atoms with E-state index in [0.717, 1.165) is 15.5 Å². The summed E-state index contributed by atoms with van der Waals surface area (Å²) in [5, 5.41) is 3.63. The van der Waals surface area contributed by atoms with Gasteiger partial charge in [0, 0.05) is 8.95 Å². The van der Waals surface area contributed by atoms with Crippen molar-refractivity contribution in [3.05, 3.63) is 67.1 Å². The Hall–Kier alpha value is -0.640. The van der Waals surface area contributed by atoms with E-state index < -0.39 is 0 Å². The van der Waals surface area contributed by atoms with Crippen LogP contribution in [0.2, 0.25) is 0 Å². The minimum Gasteiger partial charge on any atom is -0.306 e. The summed E-state index contributed by atoms with van der Waals surface area (Å²) in [5.74, 6) is 0. The molecule has 1 N–H and O–H groups in total. The van der Waals surface area contributed by atoms with Crippen molar-refractivity contribution < 1.29 is 0 Å². The molecule has 0 bridgehead atoms. The molecule has 0 aliphatic rings. The summed E-state index contributed by atoms with van der Waals surface area (Å²) in [6.07, 6.45) is 0. The van der Waals surface area contributed by atoms with Gasteiger partial charge in [-0.05, 0) is 67.8 Å². The summed E-state index contributed by atoms with van der Waals surface area (Å²) in [6.45, 7) is 9.63. The molecule has 2 aromatic rings. The molecule has 0 saturated heterocycles. The molecule has 0 saturated carbocycles. The fourth-order valence-corrected chi connectivity index (χ4v) is 3.81. The van der Waals surface area contributed by atoms with Crippen molar-refractivity contribution >= 4 is 31.9 Å². The van der Waals surface area contributed by atoms with Gasteiger partial charge in [0.25, 0.3) is 0 Å². The minimum absolute atomic E-state index is 0.197. The molecule has 2 aromatic carbocycles. The number of hydrogen-bond acceptors (Lipinski definition) is 1. The molecule has 0 aliphatic carbocycles. The lowest BCUT2D eigenvalue weighted by molar-refractivity contribution is 0.622. The van der Waals surface area contributed by atoms with E-state index in [1.807, 2.05) is 0 Å². The van der Waals surface area contributed by atoms with Crippen LogP contribution in [-0.4, -0.2) is 6.54 Å². The van der Waals surface area contributed by atoms with Gasteiger partial charge in [0.2, 0.25) is 0 Å². The zero-order valence-electron chi connectivity index (χ0n) is 12.9. The van der Waals surface area contributed by atoms with Crippen LogP contribution in [0.1, 0.15) is 40.8 Å². The number of aryl methyl sites for hydroxylation is 3. The van der Waals surface area contributed by atoms with Crippen LogP contribution in [0.25, 0.3) is 0 Å². The van der Waals surface area contributed by atoms with Gasteiger partial charge in [0.1, 0.15) is 0 Å². The van der Waals surface area contributed by atoms with Gasteiger partial charge in [-0.25, -0.2) is 0 Å². The molecule has 0 heterocycles. The third-order valence-electron chi connectivity index (χ3n) is 3.70. The molecule has 1 unspecified atom stereocenters. The zero-order valence-corrected chi connectivity index (χ0v) is 16.1. The largest absolute Gasteiger partial charge is 0.306 e. The second kappa shape index (κ2) is 7.08. The molecule has 0 amide bonds. The summed E-state index contributed by atoms with van der Waals surface area (Å²) in [5.41, 5.74) is 6.63. The van der Waals surface area contributed by atoms with E-state index in [0.29, 0.717) is 0 Å². The van der Waals surface area contributed by atoms with E-state index in [1.165, 1.54) is 27.8 Å². The van der Waals surface area contributed by atoms with Crippen LogP contribution >= 0.6 is 31.9 Å². The molecule has 2 rings (SSSR count). The van der Waals surface area contributed by atoms with Gasteiger partial charge in [0.05, 0.1) is 6.04 Å². The molecule has 0 radical (unpaired) electrons. The Bertz CT molecular complexity index is 627. The minimum atomic E-state index is 0.197. The Labute approximate surface area is 144 Å². The van der Waals surface area contributed by atoms with Gasteiger partial charge in [-0.3, -0.25) is 0 Å². The lowest BCUT2D eigenvalue weighted by Crippen LogP contribution is -2.24. The molecule has 0 fully saturated rings. The third-order valence-corrected chi connectivity index (χ3v) is 4.92. The molecule has 1 atom stereocenters. The maximum Gasteiger partial charge on any atom is 0.0593 e. The molecule has 0 spiro atoms. The van der Waals surface area contributed by atoms with Crippen LogP contribution in [0.5, 0.6) is 0 Å². The molecule has 3 heteroatoms. The van der Waals surface area contributed by atoms with Crippen molar-refractivity contribution in [1.29, 1.82) is 0 Å². The average Bonchev–Trinajstić information content (AvgIpc) is 2.39. The highest BCUT2D eigenvalue weighted by molar-refractivity contribution is 9.11. The molecular weight excluding hydrogens is 390 g/mol. The average molecular weight is 411 g/mol. The SMILES string of the molecule is CCNC(c1cc(Br)ccc1Br)c1c(C)cc(C)cc1C. The van der Waals surface area contributed by atoms with E-state index in [9.17, 15) is 0 Å². The summed E-state index contributed by atoms with van der Waals surface area (Å²) >= 11 is 7.29. The van der Waals surface area contributed by atoms with E-state index in [-0.39, 0.29) is 6.04 Å². The summed E-state index contributed by atoms with van der Waals surface area (Å²) < 4.78 is 2.24. The van der Waals surface area contributed by atoms with E-state index in [1.54, 1.807) is 0 Å². The predicted octanol–water partition coefficient (Wildman–Crippen LogP) is 5.84. The Kier molecular flexibility index (Phi) is 5.64. The first-order valence-corrected chi connectivity index (χ1v) is 8.78. The van der Waals surface area contributed by atoms with Crippen molar-refractivity contribution in [2.24, 2.45) is 0 Å². The van der Waals surface area contributed by atoms with Crippen molar-refractivity contribution in [3.63, 3.8) is 0 Å². The highest BCUT2D eigenvalue weighted by Crippen LogP contribution is 2.34. The topological polar surface area (TPSA) is 12.0 Å². The third kappa shape index (κ3) is 3.77. The molecule has 21 heavy (non-hydrogen) atoms. The molecule has 112 valence electrons. The standard InChI is InChI=1S/C18H21Br2N/c1-5-21-18(15-10-14(19)6-7-16(15)20)17-12(3)8-11(2)9-13(17)4/h6-10,18,21H,5H2,1-4H3. The zero-order chi connectivity index (χ0) is 15.6. The maximum atomic E-state index is 3.70. The van der Waals surface area contributed by atoms with Crippen molar-refractivity contribution in [2.75, 3.05) is 6.54 Å². The lowest BCUT2D eigenvalue weighted by Gasteiger charge is -2.25. The first-order valence-electron chi connectivity index (χ1n) is 7.20. The predicted molar refractivity (Wildman–Crippen MR) is 98.0 cm³/mol. The molecule has 1 nitrogen and oxygen atoms in total. The number of nitrogens with one attached hydrogen (secondary N) is 1. The quantitative estimate of drug-likeness (QED) is 0.667. The lowest BCUT2D eigenvalue weighted by atomic mass is 9.90. The number of benzene rings is 2. The first kappa shape index (κ1) is 16.7. The van der Waals surface area contributed by atoms with Crippen molar-refractivity contribution in [3.8, 4) is 0 Å². The Balaban J connectivity index is 2.61. The number of hydrogen-bond donors (Lipinski definition) is 1. The second-order valence-corrected chi connectivity index (χ2v) is 7.24. The van der Waals surface area contributed by atoms with Crippen molar-refractivity contribution in [1.82, 2.24) is 5.32 Å². The van der Waals surface area contributed by atoms with Gasteiger partial charge in [-0.2, -0.15) is 0 Å². The van der Waals surface area contributed by atoms with Gasteiger partial charge in [-0.1, -0.05) is 56.5 Å². The van der Waals surface area contributed by atoms with Crippen LogP contribution in [0.4, 0.5) is 0 Å². The fourth-order valence-electron chi connectivity index (χ4n) is 2.95. The second-order valence-electron chi connectivity index (χ2n) is 5.47. The van der Waals surface area contributed by atoms with Crippen molar-refractivity contribution in [2.45, 2.75) is 33.7 Å². The Morgan fingerprint density at radius 1 is 1.00 bits per heavy atom. The highest BCUT2D eigenvalue weighted by atomic mass is 79.9. The molecule has 0 aromatic heterocycles. The summed E-state index contributed by atoms with van der Waals surface area (Å²) in [6, 6.07) is 11.1. The number of rotatable bonds is 4. The summed E-state index contributed by atoms with van der Waals surface area (Å²) in [4.78, 5) is 0. The fraction of sp³-hybridized carbons (Fsp3) is 0.333. The van der Waals surface area contributed by atoms with Gasteiger partial charge in [0.15, 0.2) is 0 Å². The number of halogens is 2. The summed E-state index contributed by atoms with van der Waals surface area (Å²) in [7, 11) is 0. The van der Waals surface area contributed by atoms with E-state index >= 15 is 0 Å². The van der Waals surface area contributed by atoms with Gasteiger partial charge in [-0.15, -0.1) is 0 Å². The normalized spacial score (nSPS) is 12.5. The highest BCUT2D eigenvalue weighted by Gasteiger charge is 2.20. The molecule has 0 aliphatic heterocycles. The van der Waals surface area contributed by atoms with Gasteiger partial charge < -0.3 is 5.32 Å². The smallest absolute Gasteiger partial charge is 0.0593 e. The van der Waals surface area contributed by atoms with Crippen LogP contribution in [-0.2, 0) is 0 Å². The first-order chi connectivity index (χ1) is 9.93. The Morgan fingerprint density at radius 3 is 2.19 bits per heavy atom. The van der Waals surface area contributed by atoms with E-state index in [4.69, 9.17) is 0 Å². The molecular formula is C18H21Br2N. The maximum absolute atomic E-state index is 3.70. The monoisotopic (exact) mass is 409 g/mol. The van der Waals surface area contributed by atoms with Crippen LogP contribution in [0, 0.1) is 20.8 Å². The van der Waals surface area contributed by atoms with E-state index in [2.05, 4.69) is 95.2 Å². The Morgan fingerprint density at radius 2 is 1.62 bits per heavy atom. The van der Waals surface area contributed by atoms with Gasteiger partial charge >= 0.3 is 0 Å². The van der Waals surface area contributed by atoms with Crippen LogP contribution in [0.15, 0.2) is 39.3 Å².